The Labute approximate surface area is 215 Å². The number of hydrogen-bond donors (Lipinski definition) is 0. The zero-order valence-corrected chi connectivity index (χ0v) is 20.5. The molecule has 0 aliphatic carbocycles. The van der Waals surface area contributed by atoms with Gasteiger partial charge in [-0.25, -0.2) is 13.3 Å². The maximum atomic E-state index is 14.3. The second-order valence-corrected chi connectivity index (χ2v) is 10.6. The second kappa shape index (κ2) is 8.18. The van der Waals surface area contributed by atoms with E-state index in [4.69, 9.17) is 4.98 Å². The minimum absolute atomic E-state index is 0.417. The number of hydrogen-bond acceptors (Lipinski definition) is 3. The lowest BCUT2D eigenvalue weighted by atomic mass is 10.0. The van der Waals surface area contributed by atoms with Crippen LogP contribution in [0, 0.1) is 0 Å². The molecule has 37 heavy (non-hydrogen) atoms. The van der Waals surface area contributed by atoms with Crippen LogP contribution in [-0.4, -0.2) is 17.4 Å². The minimum atomic E-state index is -4.02. The average molecular weight is 500 g/mol. The Kier molecular flexibility index (Phi) is 4.77. The van der Waals surface area contributed by atoms with Gasteiger partial charge >= 0.3 is 10.2 Å². The highest BCUT2D eigenvalue weighted by molar-refractivity contribution is 7.92. The fourth-order valence-corrected chi connectivity index (χ4v) is 6.72. The van der Waals surface area contributed by atoms with Crippen molar-refractivity contribution >= 4 is 32.6 Å². The van der Waals surface area contributed by atoms with Gasteiger partial charge in [-0.15, -0.1) is 0 Å². The molecule has 5 nitrogen and oxygen atoms in total. The molecule has 1 aliphatic heterocycles. The molecule has 0 saturated heterocycles. The van der Waals surface area contributed by atoms with E-state index in [9.17, 15) is 8.42 Å². The van der Waals surface area contributed by atoms with E-state index in [2.05, 4.69) is 0 Å². The van der Waals surface area contributed by atoms with Crippen molar-refractivity contribution in [2.75, 3.05) is 4.31 Å². The number of imidazole rings is 1. The smallest absolute Gasteiger partial charge is 0.227 e. The molecule has 1 aromatic heterocycles. The highest BCUT2D eigenvalue weighted by Gasteiger charge is 2.38. The topological polar surface area (TPSA) is 55.2 Å². The molecule has 7 rings (SSSR count). The number of rotatable bonds is 3. The predicted molar refractivity (Wildman–Crippen MR) is 149 cm³/mol. The SMILES string of the molecule is O=S1(=O)N(c2ccccc2)c2ccc(-c3ccccc3)cc2-c2nc3ccc(-c4ccccc4)cc3n21. The van der Waals surface area contributed by atoms with Crippen molar-refractivity contribution in [1.29, 1.82) is 0 Å². The number of para-hydroxylation sites is 1. The van der Waals surface area contributed by atoms with Crippen LogP contribution < -0.4 is 4.31 Å². The second-order valence-electron chi connectivity index (χ2n) is 8.98. The van der Waals surface area contributed by atoms with Crippen molar-refractivity contribution in [2.24, 2.45) is 0 Å². The summed E-state index contributed by atoms with van der Waals surface area (Å²) in [6.45, 7) is 0. The summed E-state index contributed by atoms with van der Waals surface area (Å²) < 4.78 is 31.4. The van der Waals surface area contributed by atoms with Crippen molar-refractivity contribution in [3.05, 3.63) is 127 Å². The molecule has 0 N–H and O–H groups in total. The number of anilines is 2. The molecule has 0 unspecified atom stereocenters. The summed E-state index contributed by atoms with van der Waals surface area (Å²) in [4.78, 5) is 4.85. The van der Waals surface area contributed by atoms with Crippen molar-refractivity contribution < 1.29 is 8.42 Å². The van der Waals surface area contributed by atoms with Gasteiger partial charge in [0.1, 0.15) is 0 Å². The van der Waals surface area contributed by atoms with Crippen LogP contribution in [0.1, 0.15) is 0 Å². The van der Waals surface area contributed by atoms with Crippen LogP contribution in [0.3, 0.4) is 0 Å². The molecule has 0 bridgehead atoms. The molecule has 178 valence electrons. The predicted octanol–water partition coefficient (Wildman–Crippen LogP) is 7.28. The van der Waals surface area contributed by atoms with Gasteiger partial charge in [-0.3, -0.25) is 0 Å². The molecule has 1 aliphatic rings. The Balaban J connectivity index is 1.54. The molecular formula is C31H21N3O2S. The standard InChI is InChI=1S/C31H21N3O2S/c35-37(36)33(26-14-8-3-9-15-26)29-19-17-24(22-10-4-1-5-11-22)20-27(29)31-32-28-18-16-25(21-30(28)34(31)37)23-12-6-2-7-13-23/h1-21H. The number of benzene rings is 5. The van der Waals surface area contributed by atoms with Gasteiger partial charge in [0.25, 0.3) is 0 Å². The van der Waals surface area contributed by atoms with E-state index in [1.54, 1.807) is 0 Å². The third-order valence-corrected chi connectivity index (χ3v) is 8.44. The fraction of sp³-hybridized carbons (Fsp3) is 0. The lowest BCUT2D eigenvalue weighted by Crippen LogP contribution is -2.35. The van der Waals surface area contributed by atoms with Gasteiger partial charge in [-0.05, 0) is 58.7 Å². The molecule has 0 radical (unpaired) electrons. The summed E-state index contributed by atoms with van der Waals surface area (Å²) in [5.74, 6) is 0.417. The molecule has 0 spiro atoms. The summed E-state index contributed by atoms with van der Waals surface area (Å²) in [5, 5.41) is 0. The quantitative estimate of drug-likeness (QED) is 0.257. The van der Waals surface area contributed by atoms with E-state index in [0.717, 1.165) is 27.8 Å². The highest BCUT2D eigenvalue weighted by atomic mass is 32.2. The molecule has 0 amide bonds. The largest absolute Gasteiger partial charge is 0.336 e. The first-order chi connectivity index (χ1) is 18.1. The molecule has 0 atom stereocenters. The molecule has 6 heteroatoms. The summed E-state index contributed by atoms with van der Waals surface area (Å²) in [7, 11) is -4.02. The Morgan fingerprint density at radius 1 is 0.568 bits per heavy atom. The average Bonchev–Trinajstić information content (AvgIpc) is 3.35. The van der Waals surface area contributed by atoms with Gasteiger partial charge in [0.15, 0.2) is 5.82 Å². The minimum Gasteiger partial charge on any atom is -0.227 e. The maximum absolute atomic E-state index is 14.3. The summed E-state index contributed by atoms with van der Waals surface area (Å²) in [6, 6.07) is 40.9. The summed E-state index contributed by atoms with van der Waals surface area (Å²) in [5.41, 5.74) is 7.09. The number of aromatic nitrogens is 2. The number of fused-ring (bicyclic) bond motifs is 5. The van der Waals surface area contributed by atoms with Crippen LogP contribution in [0.2, 0.25) is 0 Å². The molecule has 0 saturated carbocycles. The zero-order valence-electron chi connectivity index (χ0n) is 19.7. The van der Waals surface area contributed by atoms with Gasteiger partial charge in [0, 0.05) is 5.56 Å². The Morgan fingerprint density at radius 3 is 1.78 bits per heavy atom. The van der Waals surface area contributed by atoms with Gasteiger partial charge < -0.3 is 0 Å². The van der Waals surface area contributed by atoms with Crippen molar-refractivity contribution in [2.45, 2.75) is 0 Å². The van der Waals surface area contributed by atoms with Gasteiger partial charge in [0.05, 0.1) is 22.4 Å². The molecule has 6 aromatic rings. The van der Waals surface area contributed by atoms with Crippen LogP contribution >= 0.6 is 0 Å². The van der Waals surface area contributed by atoms with Crippen LogP contribution in [0.25, 0.3) is 44.7 Å². The van der Waals surface area contributed by atoms with E-state index >= 15 is 0 Å². The molecular weight excluding hydrogens is 478 g/mol. The van der Waals surface area contributed by atoms with Crippen LogP contribution in [-0.2, 0) is 10.2 Å². The lowest BCUT2D eigenvalue weighted by molar-refractivity contribution is 0.588. The molecule has 0 fully saturated rings. The zero-order chi connectivity index (χ0) is 25.0. The third kappa shape index (κ3) is 3.37. The monoisotopic (exact) mass is 499 g/mol. The fourth-order valence-electron chi connectivity index (χ4n) is 5.01. The van der Waals surface area contributed by atoms with E-state index in [0.29, 0.717) is 28.2 Å². The van der Waals surface area contributed by atoms with Crippen LogP contribution in [0.5, 0.6) is 0 Å². The Bertz CT molecular complexity index is 1880. The third-order valence-electron chi connectivity index (χ3n) is 6.74. The van der Waals surface area contributed by atoms with Gasteiger partial charge in [-0.2, -0.15) is 8.42 Å². The van der Waals surface area contributed by atoms with E-state index in [1.165, 1.54) is 8.28 Å². The first kappa shape index (κ1) is 21.6. The van der Waals surface area contributed by atoms with E-state index in [-0.39, 0.29) is 0 Å². The van der Waals surface area contributed by atoms with E-state index in [1.807, 2.05) is 127 Å². The molecule has 2 heterocycles. The first-order valence-corrected chi connectivity index (χ1v) is 13.4. The normalized spacial score (nSPS) is 13.8. The van der Waals surface area contributed by atoms with Crippen LogP contribution in [0.4, 0.5) is 11.4 Å². The van der Waals surface area contributed by atoms with Gasteiger partial charge in [0.2, 0.25) is 0 Å². The molecule has 5 aromatic carbocycles. The van der Waals surface area contributed by atoms with Crippen molar-refractivity contribution in [3.63, 3.8) is 0 Å². The number of nitrogens with zero attached hydrogens (tertiary/aromatic N) is 3. The highest BCUT2D eigenvalue weighted by Crippen LogP contribution is 2.45. The van der Waals surface area contributed by atoms with Crippen molar-refractivity contribution in [1.82, 2.24) is 8.96 Å². The van der Waals surface area contributed by atoms with Gasteiger partial charge in [-0.1, -0.05) is 91.0 Å². The van der Waals surface area contributed by atoms with Crippen LogP contribution in [0.15, 0.2) is 127 Å². The van der Waals surface area contributed by atoms with Crippen molar-refractivity contribution in [3.8, 4) is 33.6 Å². The first-order valence-electron chi connectivity index (χ1n) is 12.0. The summed E-state index contributed by atoms with van der Waals surface area (Å²) in [6.07, 6.45) is 0. The lowest BCUT2D eigenvalue weighted by Gasteiger charge is -2.31. The van der Waals surface area contributed by atoms with E-state index < -0.39 is 10.2 Å². The summed E-state index contributed by atoms with van der Waals surface area (Å²) >= 11 is 0. The maximum Gasteiger partial charge on any atom is 0.336 e. The Morgan fingerprint density at radius 2 is 1.14 bits per heavy atom. The Hall–Kier alpha value is -4.68.